The highest BCUT2D eigenvalue weighted by Gasteiger charge is 2.66. The Kier molecular flexibility index (Phi) is 2.73. The average Bonchev–Trinajstić information content (AvgIpc) is 2.27. The van der Waals surface area contributed by atoms with Crippen LogP contribution in [0.15, 0.2) is 18.2 Å². The first kappa shape index (κ1) is 12.7. The highest BCUT2D eigenvalue weighted by Crippen LogP contribution is 2.58. The fourth-order valence-electron chi connectivity index (χ4n) is 3.05. The van der Waals surface area contributed by atoms with Crippen molar-refractivity contribution in [1.82, 2.24) is 5.32 Å². The van der Waals surface area contributed by atoms with Gasteiger partial charge in [0.25, 0.3) is 5.91 Å². The van der Waals surface area contributed by atoms with Crippen LogP contribution in [-0.4, -0.2) is 23.6 Å². The summed E-state index contributed by atoms with van der Waals surface area (Å²) in [6.45, 7) is -0.110. The van der Waals surface area contributed by atoms with Crippen LogP contribution in [0.5, 0.6) is 5.75 Å². The zero-order valence-corrected chi connectivity index (χ0v) is 11.0. The number of carbonyl (C=O) groups excluding carboxylic acids is 1. The van der Waals surface area contributed by atoms with E-state index in [-0.39, 0.29) is 28.6 Å². The molecule has 0 saturated heterocycles. The molecule has 3 saturated carbocycles. The topological polar surface area (TPSA) is 64.3 Å². The third-order valence-electron chi connectivity index (χ3n) is 3.74. The van der Waals surface area contributed by atoms with Crippen molar-refractivity contribution < 1.29 is 13.9 Å². The van der Waals surface area contributed by atoms with Crippen LogP contribution in [0.4, 0.5) is 4.39 Å². The normalized spacial score (nSPS) is 31.1. The van der Waals surface area contributed by atoms with Crippen molar-refractivity contribution >= 4 is 17.5 Å². The summed E-state index contributed by atoms with van der Waals surface area (Å²) >= 11 is 5.62. The molecule has 3 aliphatic carbocycles. The molecule has 0 radical (unpaired) electrons. The van der Waals surface area contributed by atoms with Gasteiger partial charge in [-0.05, 0) is 31.4 Å². The minimum atomic E-state index is -0.513. The second-order valence-corrected chi connectivity index (χ2v) is 5.99. The van der Waals surface area contributed by atoms with Crippen LogP contribution in [0.3, 0.4) is 0 Å². The zero-order valence-electron chi connectivity index (χ0n) is 10.2. The maximum atomic E-state index is 12.9. The minimum Gasteiger partial charge on any atom is -0.484 e. The summed E-state index contributed by atoms with van der Waals surface area (Å²) < 4.78 is 18.2. The maximum absolute atomic E-state index is 12.9. The van der Waals surface area contributed by atoms with Crippen LogP contribution in [0.1, 0.15) is 19.3 Å². The first-order valence-electron chi connectivity index (χ1n) is 6.08. The molecule has 3 aliphatic rings. The molecule has 1 amide bonds. The molecule has 0 aromatic heterocycles. The highest BCUT2D eigenvalue weighted by molar-refractivity contribution is 6.30. The van der Waals surface area contributed by atoms with E-state index in [9.17, 15) is 9.18 Å². The number of benzene rings is 1. The van der Waals surface area contributed by atoms with Crippen molar-refractivity contribution in [2.24, 2.45) is 5.73 Å². The van der Waals surface area contributed by atoms with Gasteiger partial charge in [-0.25, -0.2) is 4.39 Å². The minimum absolute atomic E-state index is 0.0256. The number of carbonyl (C=O) groups is 1. The van der Waals surface area contributed by atoms with E-state index >= 15 is 0 Å². The third-order valence-corrected chi connectivity index (χ3v) is 4.03. The molecule has 3 fully saturated rings. The molecule has 1 aromatic carbocycles. The molecule has 102 valence electrons. The van der Waals surface area contributed by atoms with E-state index in [0.29, 0.717) is 5.75 Å². The van der Waals surface area contributed by atoms with Crippen molar-refractivity contribution in [3.05, 3.63) is 29.0 Å². The lowest BCUT2D eigenvalue weighted by Crippen LogP contribution is -2.82. The SMILES string of the molecule is NC12CC(NC(=O)COc3ccc(F)c(Cl)c3)(C1)C2. The van der Waals surface area contributed by atoms with Gasteiger partial charge in [0, 0.05) is 17.1 Å². The van der Waals surface area contributed by atoms with E-state index in [1.807, 2.05) is 0 Å². The van der Waals surface area contributed by atoms with E-state index < -0.39 is 5.82 Å². The third kappa shape index (κ3) is 2.28. The smallest absolute Gasteiger partial charge is 0.258 e. The monoisotopic (exact) mass is 284 g/mol. The van der Waals surface area contributed by atoms with E-state index in [1.165, 1.54) is 18.2 Å². The molecule has 6 heteroatoms. The molecule has 2 bridgehead atoms. The lowest BCUT2D eigenvalue weighted by molar-refractivity contribution is -0.137. The molecule has 3 N–H and O–H groups in total. The molecule has 0 unspecified atom stereocenters. The second kappa shape index (κ2) is 4.08. The van der Waals surface area contributed by atoms with E-state index in [4.69, 9.17) is 22.1 Å². The summed E-state index contributed by atoms with van der Waals surface area (Å²) in [5.74, 6) is -0.336. The lowest BCUT2D eigenvalue weighted by Gasteiger charge is -2.68. The van der Waals surface area contributed by atoms with Crippen molar-refractivity contribution in [3.63, 3.8) is 0 Å². The molecule has 19 heavy (non-hydrogen) atoms. The Morgan fingerprint density at radius 3 is 2.74 bits per heavy atom. The summed E-state index contributed by atoms with van der Waals surface area (Å²) in [5, 5.41) is 2.90. The average molecular weight is 285 g/mol. The van der Waals surface area contributed by atoms with E-state index in [2.05, 4.69) is 5.32 Å². The Morgan fingerprint density at radius 2 is 2.16 bits per heavy atom. The van der Waals surface area contributed by atoms with Crippen molar-refractivity contribution in [2.45, 2.75) is 30.3 Å². The molecule has 4 nitrogen and oxygen atoms in total. The van der Waals surface area contributed by atoms with Gasteiger partial charge in [-0.15, -0.1) is 0 Å². The molecule has 0 atom stereocenters. The van der Waals surface area contributed by atoms with Gasteiger partial charge >= 0.3 is 0 Å². The summed E-state index contributed by atoms with van der Waals surface area (Å²) in [6, 6.07) is 3.99. The van der Waals surface area contributed by atoms with Crippen molar-refractivity contribution in [2.75, 3.05) is 6.61 Å². The van der Waals surface area contributed by atoms with Crippen molar-refractivity contribution in [3.8, 4) is 5.75 Å². The second-order valence-electron chi connectivity index (χ2n) is 5.59. The van der Waals surface area contributed by atoms with Gasteiger partial charge in [-0.1, -0.05) is 11.6 Å². The number of nitrogens with two attached hydrogens (primary N) is 1. The lowest BCUT2D eigenvalue weighted by atomic mass is 9.44. The molecule has 0 aliphatic heterocycles. The van der Waals surface area contributed by atoms with Crippen LogP contribution in [0.2, 0.25) is 5.02 Å². The Morgan fingerprint density at radius 1 is 1.47 bits per heavy atom. The Bertz CT molecular complexity index is 530. The van der Waals surface area contributed by atoms with Crippen LogP contribution < -0.4 is 15.8 Å². The van der Waals surface area contributed by atoms with Crippen molar-refractivity contribution in [1.29, 1.82) is 0 Å². The summed E-state index contributed by atoms with van der Waals surface area (Å²) in [6.07, 6.45) is 2.52. The first-order valence-corrected chi connectivity index (χ1v) is 6.45. The van der Waals surface area contributed by atoms with Gasteiger partial charge in [0.05, 0.1) is 5.02 Å². The van der Waals surface area contributed by atoms with Crippen LogP contribution >= 0.6 is 11.6 Å². The first-order chi connectivity index (χ1) is 8.90. The predicted octanol–water partition coefficient (Wildman–Crippen LogP) is 1.61. The molecular weight excluding hydrogens is 271 g/mol. The number of hydrogen-bond donors (Lipinski definition) is 2. The summed E-state index contributed by atoms with van der Waals surface area (Å²) in [7, 11) is 0. The molecule has 1 aromatic rings. The molecular formula is C13H14ClFN2O2. The van der Waals surface area contributed by atoms with E-state index in [1.54, 1.807) is 0 Å². The number of rotatable bonds is 4. The van der Waals surface area contributed by atoms with E-state index in [0.717, 1.165) is 19.3 Å². The van der Waals surface area contributed by atoms with Gasteiger partial charge in [0.2, 0.25) is 0 Å². The molecule has 0 heterocycles. The number of hydrogen-bond acceptors (Lipinski definition) is 3. The maximum Gasteiger partial charge on any atom is 0.258 e. The highest BCUT2D eigenvalue weighted by atomic mass is 35.5. The molecule has 4 rings (SSSR count). The number of ether oxygens (including phenoxy) is 1. The fraction of sp³-hybridized carbons (Fsp3) is 0.462. The van der Waals surface area contributed by atoms with Gasteiger partial charge in [-0.2, -0.15) is 0 Å². The van der Waals surface area contributed by atoms with Crippen LogP contribution in [0, 0.1) is 5.82 Å². The number of nitrogens with one attached hydrogen (secondary N) is 1. The van der Waals surface area contributed by atoms with Gasteiger partial charge < -0.3 is 15.8 Å². The number of amides is 1. The van der Waals surface area contributed by atoms with Gasteiger partial charge in [0.1, 0.15) is 11.6 Å². The van der Waals surface area contributed by atoms with Crippen LogP contribution in [-0.2, 0) is 4.79 Å². The Balaban J connectivity index is 1.49. The largest absolute Gasteiger partial charge is 0.484 e. The predicted molar refractivity (Wildman–Crippen MR) is 68.5 cm³/mol. The standard InChI is InChI=1S/C13H14ClFN2O2/c14-9-3-8(1-2-10(9)15)19-4-11(18)17-13-5-12(16,6-13)7-13/h1-3H,4-7,16H2,(H,17,18). The Hall–Kier alpha value is -1.33. The summed E-state index contributed by atoms with van der Waals surface area (Å²) in [5.41, 5.74) is 5.77. The quantitative estimate of drug-likeness (QED) is 0.883. The summed E-state index contributed by atoms with van der Waals surface area (Å²) in [4.78, 5) is 11.7. The van der Waals surface area contributed by atoms with Gasteiger partial charge in [-0.3, -0.25) is 4.79 Å². The van der Waals surface area contributed by atoms with Crippen LogP contribution in [0.25, 0.3) is 0 Å². The molecule has 0 spiro atoms. The fourth-order valence-corrected chi connectivity index (χ4v) is 3.22. The van der Waals surface area contributed by atoms with Gasteiger partial charge in [0.15, 0.2) is 6.61 Å². The number of halogens is 2. The Labute approximate surface area is 115 Å². The zero-order chi connectivity index (χ0) is 13.7.